The van der Waals surface area contributed by atoms with Crippen molar-refractivity contribution in [3.05, 3.63) is 40.0 Å². The van der Waals surface area contributed by atoms with Gasteiger partial charge in [0.25, 0.3) is 0 Å². The standard InChI is InChI=1S/C16H22BrN3O/c1-11-14(10-18-16(2,3)4)15(20(5)19-11)21-13-8-6-7-12(17)9-13/h6-9,18H,10H2,1-5H3. The number of aromatic nitrogens is 2. The van der Waals surface area contributed by atoms with Crippen LogP contribution in [-0.4, -0.2) is 15.3 Å². The summed E-state index contributed by atoms with van der Waals surface area (Å²) in [7, 11) is 1.90. The lowest BCUT2D eigenvalue weighted by Gasteiger charge is -2.20. The van der Waals surface area contributed by atoms with Crippen molar-refractivity contribution in [3.63, 3.8) is 0 Å². The number of nitrogens with one attached hydrogen (secondary N) is 1. The van der Waals surface area contributed by atoms with Gasteiger partial charge in [-0.25, -0.2) is 4.68 Å². The highest BCUT2D eigenvalue weighted by molar-refractivity contribution is 9.10. The largest absolute Gasteiger partial charge is 0.439 e. The molecule has 5 heteroatoms. The van der Waals surface area contributed by atoms with Gasteiger partial charge in [-0.1, -0.05) is 22.0 Å². The van der Waals surface area contributed by atoms with Gasteiger partial charge < -0.3 is 10.1 Å². The molecule has 1 aromatic heterocycles. The van der Waals surface area contributed by atoms with Crippen molar-refractivity contribution < 1.29 is 4.74 Å². The molecule has 1 N–H and O–H groups in total. The summed E-state index contributed by atoms with van der Waals surface area (Å²) in [6, 6.07) is 7.82. The third-order valence-electron chi connectivity index (χ3n) is 3.09. The van der Waals surface area contributed by atoms with Crippen LogP contribution in [0.5, 0.6) is 11.6 Å². The number of nitrogens with zero attached hydrogens (tertiary/aromatic N) is 2. The molecule has 1 aromatic carbocycles. The van der Waals surface area contributed by atoms with Crippen LogP contribution in [0.25, 0.3) is 0 Å². The average molecular weight is 352 g/mol. The van der Waals surface area contributed by atoms with Crippen LogP contribution in [0.2, 0.25) is 0 Å². The van der Waals surface area contributed by atoms with Crippen molar-refractivity contribution in [2.75, 3.05) is 0 Å². The van der Waals surface area contributed by atoms with Gasteiger partial charge >= 0.3 is 0 Å². The summed E-state index contributed by atoms with van der Waals surface area (Å²) in [6.45, 7) is 9.18. The molecule has 0 aliphatic heterocycles. The molecule has 0 saturated heterocycles. The molecule has 0 fully saturated rings. The number of ether oxygens (including phenoxy) is 1. The molecule has 0 atom stereocenters. The van der Waals surface area contributed by atoms with Crippen LogP contribution in [-0.2, 0) is 13.6 Å². The van der Waals surface area contributed by atoms with E-state index in [1.165, 1.54) is 0 Å². The second-order valence-corrected chi connectivity index (χ2v) is 7.07. The van der Waals surface area contributed by atoms with Crippen LogP contribution >= 0.6 is 15.9 Å². The van der Waals surface area contributed by atoms with Crippen LogP contribution in [0.3, 0.4) is 0 Å². The summed E-state index contributed by atoms with van der Waals surface area (Å²) < 4.78 is 8.82. The number of hydrogen-bond acceptors (Lipinski definition) is 3. The molecule has 0 spiro atoms. The smallest absolute Gasteiger partial charge is 0.222 e. The summed E-state index contributed by atoms with van der Waals surface area (Å²) >= 11 is 3.46. The van der Waals surface area contributed by atoms with E-state index >= 15 is 0 Å². The summed E-state index contributed by atoms with van der Waals surface area (Å²) in [5.41, 5.74) is 2.13. The SMILES string of the molecule is Cc1nn(C)c(Oc2cccc(Br)c2)c1CNC(C)(C)C. The van der Waals surface area contributed by atoms with Crippen molar-refractivity contribution >= 4 is 15.9 Å². The summed E-state index contributed by atoms with van der Waals surface area (Å²) in [6.07, 6.45) is 0. The van der Waals surface area contributed by atoms with Gasteiger partial charge in [0.05, 0.1) is 11.3 Å². The van der Waals surface area contributed by atoms with Crippen molar-refractivity contribution in [2.24, 2.45) is 7.05 Å². The summed E-state index contributed by atoms with van der Waals surface area (Å²) in [4.78, 5) is 0. The van der Waals surface area contributed by atoms with E-state index in [0.29, 0.717) is 0 Å². The van der Waals surface area contributed by atoms with Gasteiger partial charge in [0.2, 0.25) is 5.88 Å². The molecule has 0 radical (unpaired) electrons. The predicted molar refractivity (Wildman–Crippen MR) is 88.8 cm³/mol. The maximum Gasteiger partial charge on any atom is 0.222 e. The third kappa shape index (κ3) is 4.32. The molecular formula is C16H22BrN3O. The first-order valence-corrected chi connectivity index (χ1v) is 7.76. The van der Waals surface area contributed by atoms with E-state index in [1.807, 2.05) is 38.2 Å². The van der Waals surface area contributed by atoms with E-state index < -0.39 is 0 Å². The number of benzene rings is 1. The van der Waals surface area contributed by atoms with E-state index in [9.17, 15) is 0 Å². The molecule has 1 heterocycles. The van der Waals surface area contributed by atoms with E-state index in [-0.39, 0.29) is 5.54 Å². The van der Waals surface area contributed by atoms with Crippen molar-refractivity contribution in [3.8, 4) is 11.6 Å². The molecular weight excluding hydrogens is 330 g/mol. The summed E-state index contributed by atoms with van der Waals surface area (Å²) in [5.74, 6) is 1.58. The highest BCUT2D eigenvalue weighted by Gasteiger charge is 2.18. The van der Waals surface area contributed by atoms with E-state index in [2.05, 4.69) is 47.1 Å². The third-order valence-corrected chi connectivity index (χ3v) is 3.59. The zero-order valence-electron chi connectivity index (χ0n) is 13.2. The van der Waals surface area contributed by atoms with Crippen LogP contribution < -0.4 is 10.1 Å². The van der Waals surface area contributed by atoms with Crippen molar-refractivity contribution in [2.45, 2.75) is 39.8 Å². The Balaban J connectivity index is 2.26. The Morgan fingerprint density at radius 2 is 2.05 bits per heavy atom. The molecule has 0 amide bonds. The quantitative estimate of drug-likeness (QED) is 0.898. The molecule has 0 aliphatic rings. The van der Waals surface area contributed by atoms with Gasteiger partial charge in [0, 0.05) is 23.6 Å². The molecule has 0 aliphatic carbocycles. The lowest BCUT2D eigenvalue weighted by molar-refractivity contribution is 0.401. The predicted octanol–water partition coefficient (Wildman–Crippen LogP) is 4.17. The fourth-order valence-corrected chi connectivity index (χ4v) is 2.39. The second kappa shape index (κ2) is 6.20. The lowest BCUT2D eigenvalue weighted by atomic mass is 10.1. The van der Waals surface area contributed by atoms with Crippen molar-refractivity contribution in [1.82, 2.24) is 15.1 Å². The van der Waals surface area contributed by atoms with E-state index in [1.54, 1.807) is 4.68 Å². The van der Waals surface area contributed by atoms with Gasteiger partial charge in [-0.3, -0.25) is 0 Å². The Morgan fingerprint density at radius 3 is 2.67 bits per heavy atom. The van der Waals surface area contributed by atoms with Crippen molar-refractivity contribution in [1.29, 1.82) is 0 Å². The van der Waals surface area contributed by atoms with Crippen LogP contribution in [0.15, 0.2) is 28.7 Å². The molecule has 4 nitrogen and oxygen atoms in total. The minimum Gasteiger partial charge on any atom is -0.439 e. The highest BCUT2D eigenvalue weighted by atomic mass is 79.9. The van der Waals surface area contributed by atoms with Gasteiger partial charge in [-0.2, -0.15) is 5.10 Å². The molecule has 0 unspecified atom stereocenters. The second-order valence-electron chi connectivity index (χ2n) is 6.16. The highest BCUT2D eigenvalue weighted by Crippen LogP contribution is 2.29. The van der Waals surface area contributed by atoms with Gasteiger partial charge in [-0.05, 0) is 45.9 Å². The zero-order valence-corrected chi connectivity index (χ0v) is 14.8. The topological polar surface area (TPSA) is 39.1 Å². The summed E-state index contributed by atoms with van der Waals surface area (Å²) in [5, 5.41) is 7.96. The zero-order chi connectivity index (χ0) is 15.6. The Morgan fingerprint density at radius 1 is 1.33 bits per heavy atom. The first-order chi connectivity index (χ1) is 9.76. The number of halogens is 1. The minimum atomic E-state index is 0.0509. The molecule has 114 valence electrons. The Labute approximate surface area is 134 Å². The molecule has 2 aromatic rings. The number of aryl methyl sites for hydroxylation is 2. The molecule has 0 saturated carbocycles. The van der Waals surface area contributed by atoms with E-state index in [4.69, 9.17) is 4.74 Å². The van der Waals surface area contributed by atoms with Gasteiger partial charge in [-0.15, -0.1) is 0 Å². The Bertz CT molecular complexity index is 629. The van der Waals surface area contributed by atoms with E-state index in [0.717, 1.165) is 33.9 Å². The number of rotatable bonds is 4. The average Bonchev–Trinajstić information content (AvgIpc) is 2.61. The van der Waals surface area contributed by atoms with Gasteiger partial charge in [0.1, 0.15) is 5.75 Å². The number of hydrogen-bond donors (Lipinski definition) is 1. The van der Waals surface area contributed by atoms with Gasteiger partial charge in [0.15, 0.2) is 0 Å². The molecule has 0 bridgehead atoms. The molecule has 21 heavy (non-hydrogen) atoms. The van der Waals surface area contributed by atoms with Crippen LogP contribution in [0, 0.1) is 6.92 Å². The molecule has 2 rings (SSSR count). The Hall–Kier alpha value is -1.33. The maximum atomic E-state index is 6.04. The lowest BCUT2D eigenvalue weighted by Crippen LogP contribution is -2.35. The Kier molecular flexibility index (Phi) is 4.74. The monoisotopic (exact) mass is 351 g/mol. The normalized spacial score (nSPS) is 11.7. The first-order valence-electron chi connectivity index (χ1n) is 6.97. The maximum absolute atomic E-state index is 6.04. The minimum absolute atomic E-state index is 0.0509. The fourth-order valence-electron chi connectivity index (χ4n) is 2.01. The van der Waals surface area contributed by atoms with Crippen LogP contribution in [0.1, 0.15) is 32.0 Å². The first kappa shape index (κ1) is 16.0. The van der Waals surface area contributed by atoms with Crippen LogP contribution in [0.4, 0.5) is 0 Å². The fraction of sp³-hybridized carbons (Fsp3) is 0.438.